The van der Waals surface area contributed by atoms with Gasteiger partial charge in [-0.25, -0.2) is 0 Å². The maximum Gasteiger partial charge on any atom is 0.151 e. The monoisotopic (exact) mass is 209 g/mol. The summed E-state index contributed by atoms with van der Waals surface area (Å²) in [6, 6.07) is 0. The van der Waals surface area contributed by atoms with E-state index in [-0.39, 0.29) is 0 Å². The van der Waals surface area contributed by atoms with E-state index >= 15 is 0 Å². The first-order valence-electron chi connectivity index (χ1n) is 5.19. The van der Waals surface area contributed by atoms with E-state index in [1.807, 2.05) is 18.9 Å². The van der Waals surface area contributed by atoms with E-state index in [1.165, 1.54) is 0 Å². The molecule has 0 aliphatic carbocycles. The van der Waals surface area contributed by atoms with Gasteiger partial charge in [-0.3, -0.25) is 4.79 Å². The highest BCUT2D eigenvalue weighted by Crippen LogP contribution is 2.09. The normalized spacial score (nSPS) is 9.93. The van der Waals surface area contributed by atoms with Crippen molar-refractivity contribution in [3.63, 3.8) is 0 Å². The molecule has 2 nitrogen and oxygen atoms in total. The first kappa shape index (κ1) is 16.1. The number of allylic oxidation sites excluding steroid dienone is 2. The Morgan fingerprint density at radius 2 is 1.93 bits per heavy atom. The van der Waals surface area contributed by atoms with Crippen LogP contribution in [-0.4, -0.2) is 24.8 Å². The largest absolute Gasteiger partial charge is 0.375 e. The van der Waals surface area contributed by atoms with Gasteiger partial charge < -0.3 is 4.90 Å². The summed E-state index contributed by atoms with van der Waals surface area (Å²) in [4.78, 5) is 12.6. The summed E-state index contributed by atoms with van der Waals surface area (Å²) in [6.45, 7) is 14.8. The van der Waals surface area contributed by atoms with Crippen molar-refractivity contribution in [1.29, 1.82) is 0 Å². The lowest BCUT2D eigenvalue weighted by Crippen LogP contribution is -2.19. The minimum absolute atomic E-state index is 0.679. The molecule has 0 aromatic heterocycles. The summed E-state index contributed by atoms with van der Waals surface area (Å²) < 4.78 is 0. The molecule has 0 saturated carbocycles. The van der Waals surface area contributed by atoms with Gasteiger partial charge in [-0.2, -0.15) is 0 Å². The van der Waals surface area contributed by atoms with Crippen LogP contribution in [0.4, 0.5) is 0 Å². The summed E-state index contributed by atoms with van der Waals surface area (Å²) in [6.07, 6.45) is 4.93. The van der Waals surface area contributed by atoms with Crippen LogP contribution >= 0.6 is 0 Å². The average molecular weight is 209 g/mol. The molecule has 0 aromatic carbocycles. The SMILES string of the molecule is C=C.C=C(/C(C=O)=C\C)N(C)CCCC. The molecule has 0 amide bonds. The lowest BCUT2D eigenvalue weighted by atomic mass is 10.2. The van der Waals surface area contributed by atoms with Crippen molar-refractivity contribution in [3.8, 4) is 0 Å². The van der Waals surface area contributed by atoms with E-state index in [9.17, 15) is 4.79 Å². The number of hydrogen-bond donors (Lipinski definition) is 0. The Morgan fingerprint density at radius 1 is 1.40 bits per heavy atom. The zero-order chi connectivity index (χ0) is 12.3. The number of unbranched alkanes of at least 4 members (excludes halogenated alkanes) is 1. The number of aldehydes is 1. The summed E-state index contributed by atoms with van der Waals surface area (Å²) >= 11 is 0. The van der Waals surface area contributed by atoms with E-state index in [0.717, 1.165) is 31.4 Å². The molecule has 2 heteroatoms. The fourth-order valence-electron chi connectivity index (χ4n) is 1.05. The fraction of sp³-hybridized carbons (Fsp3) is 0.462. The second kappa shape index (κ2) is 10.8. The molecule has 0 spiro atoms. The third-order valence-corrected chi connectivity index (χ3v) is 2.08. The molecular weight excluding hydrogens is 186 g/mol. The van der Waals surface area contributed by atoms with Crippen LogP contribution in [-0.2, 0) is 4.79 Å². The Morgan fingerprint density at radius 3 is 2.27 bits per heavy atom. The molecule has 0 rings (SSSR count). The Bertz CT molecular complexity index is 219. The molecule has 0 fully saturated rings. The molecule has 0 unspecified atom stereocenters. The molecule has 86 valence electrons. The van der Waals surface area contributed by atoms with Crippen LogP contribution in [0.2, 0.25) is 0 Å². The highest BCUT2D eigenvalue weighted by atomic mass is 16.1. The fourth-order valence-corrected chi connectivity index (χ4v) is 1.05. The van der Waals surface area contributed by atoms with Gasteiger partial charge in [0.05, 0.1) is 0 Å². The summed E-state index contributed by atoms with van der Waals surface area (Å²) in [5.41, 5.74) is 1.49. The smallest absolute Gasteiger partial charge is 0.151 e. The molecule has 0 saturated heterocycles. The summed E-state index contributed by atoms with van der Waals surface area (Å²) in [5, 5.41) is 0. The zero-order valence-electron chi connectivity index (χ0n) is 10.3. The first-order chi connectivity index (χ1) is 7.17. The number of likely N-dealkylation sites (N-methyl/N-ethyl adjacent to an activating group) is 1. The van der Waals surface area contributed by atoms with Gasteiger partial charge in [0.15, 0.2) is 6.29 Å². The Hall–Kier alpha value is -1.31. The standard InChI is InChI=1S/C11H19NO.C2H4/c1-5-7-8-12(4)10(3)11(6-2)9-13;1-2/h6,9H,3,5,7-8H2,1-2,4H3;1-2H2/b11-6-;. The van der Waals surface area contributed by atoms with Crippen molar-refractivity contribution in [2.45, 2.75) is 26.7 Å². The maximum absolute atomic E-state index is 10.6. The number of nitrogens with zero attached hydrogens (tertiary/aromatic N) is 1. The Labute approximate surface area is 94.0 Å². The molecule has 0 bridgehead atoms. The second-order valence-corrected chi connectivity index (χ2v) is 3.08. The van der Waals surface area contributed by atoms with Crippen LogP contribution in [0, 0.1) is 0 Å². The number of carbonyl (C=O) groups excluding carboxylic acids is 1. The lowest BCUT2D eigenvalue weighted by Gasteiger charge is -2.21. The van der Waals surface area contributed by atoms with Crippen molar-refractivity contribution in [3.05, 3.63) is 37.1 Å². The summed E-state index contributed by atoms with van der Waals surface area (Å²) in [7, 11) is 1.96. The van der Waals surface area contributed by atoms with E-state index in [0.29, 0.717) is 5.57 Å². The third kappa shape index (κ3) is 6.72. The highest BCUT2D eigenvalue weighted by Gasteiger charge is 2.04. The quantitative estimate of drug-likeness (QED) is 0.290. The van der Waals surface area contributed by atoms with Crippen molar-refractivity contribution in [1.82, 2.24) is 4.90 Å². The molecule has 0 aliphatic rings. The molecule has 0 radical (unpaired) electrons. The van der Waals surface area contributed by atoms with Crippen LogP contribution < -0.4 is 0 Å². The van der Waals surface area contributed by atoms with Gasteiger partial charge in [0, 0.05) is 24.9 Å². The van der Waals surface area contributed by atoms with Gasteiger partial charge in [0.25, 0.3) is 0 Å². The van der Waals surface area contributed by atoms with E-state index in [2.05, 4.69) is 26.7 Å². The molecule has 0 N–H and O–H groups in total. The van der Waals surface area contributed by atoms with Crippen molar-refractivity contribution in [2.24, 2.45) is 0 Å². The first-order valence-corrected chi connectivity index (χ1v) is 5.19. The van der Waals surface area contributed by atoms with Gasteiger partial charge in [-0.15, -0.1) is 13.2 Å². The number of hydrogen-bond acceptors (Lipinski definition) is 2. The van der Waals surface area contributed by atoms with Crippen LogP contribution in [0.25, 0.3) is 0 Å². The van der Waals surface area contributed by atoms with E-state index in [1.54, 1.807) is 6.08 Å². The van der Waals surface area contributed by atoms with Crippen LogP contribution in [0.5, 0.6) is 0 Å². The molecule has 0 aliphatic heterocycles. The van der Waals surface area contributed by atoms with E-state index in [4.69, 9.17) is 0 Å². The minimum Gasteiger partial charge on any atom is -0.375 e. The van der Waals surface area contributed by atoms with Gasteiger partial charge in [-0.1, -0.05) is 26.0 Å². The molecule has 0 heterocycles. The minimum atomic E-state index is 0.679. The van der Waals surface area contributed by atoms with Gasteiger partial charge >= 0.3 is 0 Å². The Kier molecular flexibility index (Phi) is 11.6. The molecule has 0 atom stereocenters. The number of rotatable bonds is 6. The van der Waals surface area contributed by atoms with Crippen LogP contribution in [0.1, 0.15) is 26.7 Å². The lowest BCUT2D eigenvalue weighted by molar-refractivity contribution is -0.104. The average Bonchev–Trinajstić information content (AvgIpc) is 2.30. The van der Waals surface area contributed by atoms with Crippen molar-refractivity contribution in [2.75, 3.05) is 13.6 Å². The third-order valence-electron chi connectivity index (χ3n) is 2.08. The molecule has 15 heavy (non-hydrogen) atoms. The van der Waals surface area contributed by atoms with Gasteiger partial charge in [0.2, 0.25) is 0 Å². The van der Waals surface area contributed by atoms with Gasteiger partial charge in [-0.05, 0) is 13.3 Å². The molecular formula is C13H23NO. The predicted octanol–water partition coefficient (Wildman–Crippen LogP) is 3.18. The van der Waals surface area contributed by atoms with Crippen molar-refractivity contribution >= 4 is 6.29 Å². The Balaban J connectivity index is 0. The highest BCUT2D eigenvalue weighted by molar-refractivity contribution is 5.79. The second-order valence-electron chi connectivity index (χ2n) is 3.08. The van der Waals surface area contributed by atoms with Crippen LogP contribution in [0.15, 0.2) is 37.1 Å². The maximum atomic E-state index is 10.6. The number of carbonyl (C=O) groups is 1. The van der Waals surface area contributed by atoms with Crippen LogP contribution in [0.3, 0.4) is 0 Å². The van der Waals surface area contributed by atoms with Crippen molar-refractivity contribution < 1.29 is 4.79 Å². The topological polar surface area (TPSA) is 20.3 Å². The van der Waals surface area contributed by atoms with E-state index < -0.39 is 0 Å². The predicted molar refractivity (Wildman–Crippen MR) is 67.8 cm³/mol. The molecule has 0 aromatic rings. The van der Waals surface area contributed by atoms with Gasteiger partial charge in [0.1, 0.15) is 0 Å². The zero-order valence-corrected chi connectivity index (χ0v) is 10.3. The summed E-state index contributed by atoms with van der Waals surface area (Å²) in [5.74, 6) is 0.